The Kier molecular flexibility index (Phi) is 17.5. The van der Waals surface area contributed by atoms with E-state index in [0.717, 1.165) is 26.5 Å². The van der Waals surface area contributed by atoms with Gasteiger partial charge in [-0.3, -0.25) is 19.2 Å². The maximum absolute atomic E-state index is 14.1. The molecule has 7 rings (SSSR count). The zero-order valence-electron chi connectivity index (χ0n) is 43.3. The van der Waals surface area contributed by atoms with Crippen LogP contribution in [0.1, 0.15) is 111 Å². The van der Waals surface area contributed by atoms with E-state index in [0.29, 0.717) is 55.5 Å². The fraction of sp³-hybridized carbons (Fsp3) is 0.455. The molecule has 4 aliphatic heterocycles. The van der Waals surface area contributed by atoms with Crippen LogP contribution in [0.3, 0.4) is 0 Å². The Hall–Kier alpha value is -7.22. The fourth-order valence-corrected chi connectivity index (χ4v) is 9.55. The van der Waals surface area contributed by atoms with Gasteiger partial charge < -0.3 is 54.3 Å². The SMILES string of the molecule is C=CCOC(=O)N1c2cc(OCCCCCOc3cc4c(cc3OC)C(=O)N3C=C(C)C[C@H]3[C@H](O)N4C(=O)OCc3ccc(CN[C@@H](C)C(=O)N[C@H](C(C)=O)C(C)C)cc3)c(C)cc2C(=O)N2C=C(C)C[C@H]2[C@@H]1O. The average molecular weight is 1020 g/mol. The zero-order chi connectivity index (χ0) is 53.5. The highest BCUT2D eigenvalue weighted by Gasteiger charge is 2.46. The maximum atomic E-state index is 14.1. The van der Waals surface area contributed by atoms with E-state index in [4.69, 9.17) is 23.7 Å². The van der Waals surface area contributed by atoms with Crippen molar-refractivity contribution < 1.29 is 62.7 Å². The van der Waals surface area contributed by atoms with Crippen molar-refractivity contribution in [1.82, 2.24) is 20.4 Å². The number of ether oxygens (including phenoxy) is 5. The second-order valence-corrected chi connectivity index (χ2v) is 19.6. The molecular weight excluding hydrogens is 953 g/mol. The number of hydrogen-bond donors (Lipinski definition) is 4. The molecule has 4 heterocycles. The molecule has 396 valence electrons. The Balaban J connectivity index is 0.982. The summed E-state index contributed by atoms with van der Waals surface area (Å²) in [5, 5.41) is 29.4. The number of rotatable bonds is 20. The molecule has 0 saturated heterocycles. The van der Waals surface area contributed by atoms with Gasteiger partial charge in [-0.15, -0.1) is 0 Å². The van der Waals surface area contributed by atoms with E-state index in [1.807, 2.05) is 39.8 Å². The van der Waals surface area contributed by atoms with Gasteiger partial charge in [0.25, 0.3) is 11.8 Å². The number of nitrogens with zero attached hydrogens (tertiary/aromatic N) is 4. The number of benzene rings is 3. The number of hydrogen-bond acceptors (Lipinski definition) is 14. The minimum Gasteiger partial charge on any atom is -0.493 e. The van der Waals surface area contributed by atoms with Crippen LogP contribution in [-0.2, 0) is 32.2 Å². The highest BCUT2D eigenvalue weighted by atomic mass is 16.6. The summed E-state index contributed by atoms with van der Waals surface area (Å²) in [5.41, 5.74) is 4.52. The lowest BCUT2D eigenvalue weighted by molar-refractivity contribution is -0.128. The minimum absolute atomic E-state index is 0.0421. The summed E-state index contributed by atoms with van der Waals surface area (Å²) in [5.74, 6) is -0.297. The van der Waals surface area contributed by atoms with Crippen molar-refractivity contribution in [2.45, 2.75) is 130 Å². The molecule has 5 amide bonds. The van der Waals surface area contributed by atoms with Crippen molar-refractivity contribution in [3.63, 3.8) is 0 Å². The van der Waals surface area contributed by atoms with Gasteiger partial charge in [-0.25, -0.2) is 19.4 Å². The van der Waals surface area contributed by atoms with Crippen LogP contribution in [0.4, 0.5) is 21.0 Å². The summed E-state index contributed by atoms with van der Waals surface area (Å²) in [7, 11) is 1.44. The van der Waals surface area contributed by atoms with E-state index < -0.39 is 54.7 Å². The summed E-state index contributed by atoms with van der Waals surface area (Å²) in [6, 6.07) is 10.9. The lowest BCUT2D eigenvalue weighted by Gasteiger charge is -2.31. The molecule has 19 nitrogen and oxygen atoms in total. The first-order valence-corrected chi connectivity index (χ1v) is 25.0. The summed E-state index contributed by atoms with van der Waals surface area (Å²) < 4.78 is 29.3. The van der Waals surface area contributed by atoms with Crippen LogP contribution >= 0.6 is 0 Å². The summed E-state index contributed by atoms with van der Waals surface area (Å²) in [4.78, 5) is 85.2. The monoisotopic (exact) mass is 1020 g/mol. The molecule has 0 radical (unpaired) electrons. The van der Waals surface area contributed by atoms with Gasteiger partial charge in [0.1, 0.15) is 19.0 Å². The third kappa shape index (κ3) is 11.9. The van der Waals surface area contributed by atoms with Crippen molar-refractivity contribution in [3.05, 3.63) is 113 Å². The minimum atomic E-state index is -1.48. The Morgan fingerprint density at radius 1 is 0.743 bits per heavy atom. The predicted octanol–water partition coefficient (Wildman–Crippen LogP) is 7.01. The standard InChI is InChI=1S/C55H68N6O13/c1-10-18-73-54(68)60-41-25-45(34(6)23-39(41)50(64)58-28-32(4)21-43(58)52(60)66)71-19-12-11-13-20-72-47-26-42-40(24-46(47)70-9)51(65)59-29-33(5)22-44(59)53(67)61(42)55(69)74-30-38-16-14-37(15-17-38)27-56-35(7)49(63)57-48(31(2)3)36(8)62/h10,14-17,23-26,28-29,31,35,43-44,48,52-53,56,66-67H,1,11-13,18-22,27,30H2,2-9H3,(H,57,63)/t35-,43-,44-,48-,52-,53-/m0/s1. The number of anilines is 2. The van der Waals surface area contributed by atoms with Gasteiger partial charge in [0.15, 0.2) is 29.7 Å². The van der Waals surface area contributed by atoms with E-state index >= 15 is 0 Å². The lowest BCUT2D eigenvalue weighted by atomic mass is 10.0. The molecule has 3 aromatic rings. The fourth-order valence-electron chi connectivity index (χ4n) is 9.55. The van der Waals surface area contributed by atoms with Crippen molar-refractivity contribution in [2.24, 2.45) is 5.92 Å². The summed E-state index contributed by atoms with van der Waals surface area (Å²) in [6.07, 6.45) is 2.74. The number of aliphatic hydroxyl groups is 2. The molecule has 0 unspecified atom stereocenters. The van der Waals surface area contributed by atoms with Crippen molar-refractivity contribution in [3.8, 4) is 17.2 Å². The molecule has 4 N–H and O–H groups in total. The number of aryl methyl sites for hydroxylation is 1. The summed E-state index contributed by atoms with van der Waals surface area (Å²) in [6.45, 7) is 16.7. The number of unbranched alkanes of at least 4 members (excludes halogenated alkanes) is 2. The van der Waals surface area contributed by atoms with E-state index in [1.54, 1.807) is 50.5 Å². The highest BCUT2D eigenvalue weighted by Crippen LogP contribution is 2.43. The first-order valence-electron chi connectivity index (χ1n) is 25.0. The van der Waals surface area contributed by atoms with Gasteiger partial charge in [-0.05, 0) is 101 Å². The molecule has 19 heteroatoms. The highest BCUT2D eigenvalue weighted by molar-refractivity contribution is 6.07. The van der Waals surface area contributed by atoms with Crippen LogP contribution in [0.15, 0.2) is 84.7 Å². The normalized spacial score (nSPS) is 19.7. The Morgan fingerprint density at radius 3 is 1.81 bits per heavy atom. The van der Waals surface area contributed by atoms with Crippen LogP contribution in [0.2, 0.25) is 0 Å². The number of nitrogens with one attached hydrogen (secondary N) is 2. The molecule has 74 heavy (non-hydrogen) atoms. The average Bonchev–Trinajstić information content (AvgIpc) is 3.94. The number of carbonyl (C=O) groups is 6. The molecule has 6 atom stereocenters. The van der Waals surface area contributed by atoms with Gasteiger partial charge >= 0.3 is 12.2 Å². The number of amides is 5. The molecule has 0 bridgehead atoms. The van der Waals surface area contributed by atoms with E-state index in [1.165, 1.54) is 42.0 Å². The number of fused-ring (bicyclic) bond motifs is 4. The lowest BCUT2D eigenvalue weighted by Crippen LogP contribution is -2.50. The molecule has 0 saturated carbocycles. The Morgan fingerprint density at radius 2 is 1.27 bits per heavy atom. The van der Waals surface area contributed by atoms with Gasteiger partial charge in [-0.2, -0.15) is 0 Å². The predicted molar refractivity (Wildman–Crippen MR) is 275 cm³/mol. The Bertz CT molecular complexity index is 2700. The van der Waals surface area contributed by atoms with E-state index in [9.17, 15) is 39.0 Å². The van der Waals surface area contributed by atoms with Crippen molar-refractivity contribution in [2.75, 3.05) is 36.7 Å². The number of methoxy groups -OCH3 is 1. The van der Waals surface area contributed by atoms with Crippen LogP contribution < -0.4 is 34.6 Å². The molecule has 0 fully saturated rings. The van der Waals surface area contributed by atoms with Crippen LogP contribution in [0.5, 0.6) is 17.2 Å². The topological polar surface area (TPSA) is 226 Å². The molecule has 0 aromatic heterocycles. The van der Waals surface area contributed by atoms with E-state index in [-0.39, 0.29) is 83.9 Å². The quantitative estimate of drug-likeness (QED) is 0.0660. The third-order valence-corrected chi connectivity index (χ3v) is 13.6. The second kappa shape index (κ2) is 23.8. The van der Waals surface area contributed by atoms with Crippen LogP contribution in [0.25, 0.3) is 0 Å². The maximum Gasteiger partial charge on any atom is 0.416 e. The van der Waals surface area contributed by atoms with Crippen LogP contribution in [-0.4, -0.2) is 119 Å². The van der Waals surface area contributed by atoms with Crippen molar-refractivity contribution in [1.29, 1.82) is 0 Å². The smallest absolute Gasteiger partial charge is 0.416 e. The van der Waals surface area contributed by atoms with Gasteiger partial charge in [-0.1, -0.05) is 61.9 Å². The van der Waals surface area contributed by atoms with Gasteiger partial charge in [0.2, 0.25) is 5.91 Å². The van der Waals surface area contributed by atoms with Gasteiger partial charge in [0, 0.05) is 31.1 Å². The number of aliphatic hydroxyl groups excluding tert-OH is 2. The van der Waals surface area contributed by atoms with Crippen LogP contribution in [0, 0.1) is 12.8 Å². The third-order valence-electron chi connectivity index (χ3n) is 13.6. The Labute approximate surface area is 431 Å². The zero-order valence-corrected chi connectivity index (χ0v) is 43.3. The van der Waals surface area contributed by atoms with Crippen molar-refractivity contribution >= 4 is 47.1 Å². The number of Topliss-reactive ketones (excluding diaryl/α,β-unsaturated/α-hetero) is 1. The number of carbonyl (C=O) groups excluding carboxylic acids is 6. The van der Waals surface area contributed by atoms with Gasteiger partial charge in [0.05, 0.1) is 67.0 Å². The molecular formula is C55H68N6O13. The molecule has 0 spiro atoms. The second-order valence-electron chi connectivity index (χ2n) is 19.6. The summed E-state index contributed by atoms with van der Waals surface area (Å²) >= 11 is 0. The van der Waals surface area contributed by atoms with E-state index in [2.05, 4.69) is 17.2 Å². The molecule has 3 aromatic carbocycles. The molecule has 4 aliphatic rings. The largest absolute Gasteiger partial charge is 0.493 e. The molecule has 0 aliphatic carbocycles. The first-order chi connectivity index (χ1) is 35.3. The number of ketones is 1. The first kappa shape index (κ1) is 54.6.